The minimum absolute atomic E-state index is 0.725. The van der Waals surface area contributed by atoms with Crippen molar-refractivity contribution in [1.82, 2.24) is 10.2 Å². The van der Waals surface area contributed by atoms with Crippen LogP contribution in [0.25, 0.3) is 0 Å². The first kappa shape index (κ1) is 12.1. The lowest BCUT2D eigenvalue weighted by Gasteiger charge is -2.29. The maximum atomic E-state index is 3.68. The molecule has 90 valence electrons. The smallest absolute Gasteiger partial charge is 0.0302 e. The Balaban J connectivity index is 1.74. The van der Waals surface area contributed by atoms with E-state index in [0.717, 1.165) is 12.6 Å². The monoisotopic (exact) mass is 238 g/mol. The molecule has 2 nitrogen and oxygen atoms in total. The first-order valence-corrected chi connectivity index (χ1v) is 7.09. The van der Waals surface area contributed by atoms with Gasteiger partial charge in [0.15, 0.2) is 0 Å². The quantitative estimate of drug-likeness (QED) is 0.867. The molecule has 16 heavy (non-hydrogen) atoms. The van der Waals surface area contributed by atoms with E-state index in [0.29, 0.717) is 0 Å². The molecule has 1 aliphatic rings. The summed E-state index contributed by atoms with van der Waals surface area (Å²) in [6.07, 6.45) is 3.75. The number of hydrogen-bond acceptors (Lipinski definition) is 3. The molecule has 0 aliphatic carbocycles. The second-order valence-electron chi connectivity index (χ2n) is 4.68. The fourth-order valence-corrected chi connectivity index (χ4v) is 3.07. The van der Waals surface area contributed by atoms with Gasteiger partial charge in [-0.05, 0) is 51.5 Å². The first-order valence-electron chi connectivity index (χ1n) is 6.27. The zero-order valence-corrected chi connectivity index (χ0v) is 11.1. The van der Waals surface area contributed by atoms with Gasteiger partial charge in [0.05, 0.1) is 0 Å². The van der Waals surface area contributed by atoms with Gasteiger partial charge in [-0.2, -0.15) is 0 Å². The van der Waals surface area contributed by atoms with E-state index in [-0.39, 0.29) is 0 Å². The number of aryl methyl sites for hydroxylation is 1. The van der Waals surface area contributed by atoms with Crippen LogP contribution in [0.5, 0.6) is 0 Å². The van der Waals surface area contributed by atoms with Gasteiger partial charge in [0.25, 0.3) is 0 Å². The third-order valence-corrected chi connectivity index (χ3v) is 4.58. The van der Waals surface area contributed by atoms with Crippen LogP contribution in [0.2, 0.25) is 0 Å². The summed E-state index contributed by atoms with van der Waals surface area (Å²) in [5.41, 5.74) is 0. The summed E-state index contributed by atoms with van der Waals surface area (Å²) < 4.78 is 0. The molecular formula is C13H22N2S. The van der Waals surface area contributed by atoms with Crippen molar-refractivity contribution in [1.29, 1.82) is 0 Å². The van der Waals surface area contributed by atoms with Crippen LogP contribution >= 0.6 is 11.3 Å². The molecule has 1 fully saturated rings. The van der Waals surface area contributed by atoms with Crippen molar-refractivity contribution in [2.75, 3.05) is 20.1 Å². The highest BCUT2D eigenvalue weighted by molar-refractivity contribution is 7.11. The van der Waals surface area contributed by atoms with Gasteiger partial charge in [0.1, 0.15) is 0 Å². The predicted octanol–water partition coefficient (Wildman–Crippen LogP) is 2.49. The summed E-state index contributed by atoms with van der Waals surface area (Å²) in [5, 5.41) is 3.68. The van der Waals surface area contributed by atoms with Crippen LogP contribution in [0, 0.1) is 0 Å². The Hall–Kier alpha value is -0.380. The molecule has 1 N–H and O–H groups in total. The van der Waals surface area contributed by atoms with Gasteiger partial charge in [-0.1, -0.05) is 6.92 Å². The number of nitrogens with zero attached hydrogens (tertiary/aromatic N) is 1. The summed E-state index contributed by atoms with van der Waals surface area (Å²) in [6.45, 7) is 5.75. The number of rotatable bonds is 4. The third kappa shape index (κ3) is 3.30. The van der Waals surface area contributed by atoms with Gasteiger partial charge in [0.2, 0.25) is 0 Å². The minimum atomic E-state index is 0.725. The maximum absolute atomic E-state index is 3.68. The van der Waals surface area contributed by atoms with E-state index < -0.39 is 0 Å². The lowest BCUT2D eigenvalue weighted by atomic mass is 10.1. The summed E-state index contributed by atoms with van der Waals surface area (Å²) in [4.78, 5) is 5.40. The molecule has 0 bridgehead atoms. The molecule has 3 heteroatoms. The van der Waals surface area contributed by atoms with Crippen LogP contribution in [-0.2, 0) is 13.0 Å². The van der Waals surface area contributed by atoms with Crippen molar-refractivity contribution in [3.63, 3.8) is 0 Å². The second-order valence-corrected chi connectivity index (χ2v) is 5.93. The standard InChI is InChI=1S/C13H22N2S/c1-3-12-4-5-13(16-12)10-14-11-6-8-15(2)9-7-11/h4-5,11,14H,3,6-10H2,1-2H3. The first-order chi connectivity index (χ1) is 7.78. The molecule has 1 aromatic rings. The average Bonchev–Trinajstić information content (AvgIpc) is 2.76. The summed E-state index contributed by atoms with van der Waals surface area (Å²) in [7, 11) is 2.21. The van der Waals surface area contributed by atoms with Gasteiger partial charge < -0.3 is 10.2 Å². The van der Waals surface area contributed by atoms with Crippen LogP contribution < -0.4 is 5.32 Å². The normalized spacial score (nSPS) is 19.1. The molecule has 0 aromatic carbocycles. The molecule has 2 heterocycles. The third-order valence-electron chi connectivity index (χ3n) is 3.35. The van der Waals surface area contributed by atoms with Gasteiger partial charge in [-0.3, -0.25) is 0 Å². The summed E-state index contributed by atoms with van der Waals surface area (Å²) in [6, 6.07) is 5.25. The van der Waals surface area contributed by atoms with E-state index in [1.165, 1.54) is 42.1 Å². The van der Waals surface area contributed by atoms with E-state index in [4.69, 9.17) is 0 Å². The van der Waals surface area contributed by atoms with E-state index in [9.17, 15) is 0 Å². The van der Waals surface area contributed by atoms with Gasteiger partial charge in [-0.15, -0.1) is 11.3 Å². The Morgan fingerprint density at radius 3 is 2.62 bits per heavy atom. The average molecular weight is 238 g/mol. The molecule has 1 saturated heterocycles. The van der Waals surface area contributed by atoms with Gasteiger partial charge in [-0.25, -0.2) is 0 Å². The van der Waals surface area contributed by atoms with Gasteiger partial charge in [0, 0.05) is 22.3 Å². The number of thiophene rings is 1. The molecule has 0 saturated carbocycles. The van der Waals surface area contributed by atoms with Crippen LogP contribution in [0.4, 0.5) is 0 Å². The Morgan fingerprint density at radius 1 is 1.31 bits per heavy atom. The highest BCUT2D eigenvalue weighted by Crippen LogP contribution is 2.17. The second kappa shape index (κ2) is 5.80. The highest BCUT2D eigenvalue weighted by Gasteiger charge is 2.15. The lowest BCUT2D eigenvalue weighted by molar-refractivity contribution is 0.234. The summed E-state index contributed by atoms with van der Waals surface area (Å²) >= 11 is 1.95. The highest BCUT2D eigenvalue weighted by atomic mass is 32.1. The van der Waals surface area contributed by atoms with Crippen LogP contribution in [0.1, 0.15) is 29.5 Å². The van der Waals surface area contributed by atoms with Crippen molar-refractivity contribution >= 4 is 11.3 Å². The molecule has 0 unspecified atom stereocenters. The molecular weight excluding hydrogens is 216 g/mol. The van der Waals surface area contributed by atoms with Crippen molar-refractivity contribution in [3.05, 3.63) is 21.9 Å². The zero-order valence-electron chi connectivity index (χ0n) is 10.3. The van der Waals surface area contributed by atoms with Gasteiger partial charge >= 0.3 is 0 Å². The number of piperidine rings is 1. The molecule has 0 radical (unpaired) electrons. The van der Waals surface area contributed by atoms with Crippen molar-refractivity contribution in [2.24, 2.45) is 0 Å². The fraction of sp³-hybridized carbons (Fsp3) is 0.692. The van der Waals surface area contributed by atoms with E-state index in [1.807, 2.05) is 11.3 Å². The number of hydrogen-bond donors (Lipinski definition) is 1. The summed E-state index contributed by atoms with van der Waals surface area (Å²) in [5.74, 6) is 0. The Labute approximate surface area is 103 Å². The SMILES string of the molecule is CCc1ccc(CNC2CCN(C)CC2)s1. The maximum Gasteiger partial charge on any atom is 0.0302 e. The molecule has 1 aromatic heterocycles. The van der Waals surface area contributed by atoms with Crippen molar-refractivity contribution in [2.45, 2.75) is 38.8 Å². The van der Waals surface area contributed by atoms with Crippen LogP contribution in [0.3, 0.4) is 0 Å². The predicted molar refractivity (Wildman–Crippen MR) is 71.1 cm³/mol. The lowest BCUT2D eigenvalue weighted by Crippen LogP contribution is -2.40. The Morgan fingerprint density at radius 2 is 2.00 bits per heavy atom. The fourth-order valence-electron chi connectivity index (χ4n) is 2.16. The van der Waals surface area contributed by atoms with E-state index in [2.05, 4.69) is 36.3 Å². The number of nitrogens with one attached hydrogen (secondary N) is 1. The van der Waals surface area contributed by atoms with Crippen LogP contribution in [0.15, 0.2) is 12.1 Å². The minimum Gasteiger partial charge on any atom is -0.309 e. The Kier molecular flexibility index (Phi) is 4.38. The van der Waals surface area contributed by atoms with E-state index >= 15 is 0 Å². The molecule has 2 rings (SSSR count). The topological polar surface area (TPSA) is 15.3 Å². The van der Waals surface area contributed by atoms with Crippen LogP contribution in [-0.4, -0.2) is 31.1 Å². The largest absolute Gasteiger partial charge is 0.309 e. The molecule has 1 aliphatic heterocycles. The number of likely N-dealkylation sites (tertiary alicyclic amines) is 1. The molecule has 0 atom stereocenters. The molecule has 0 amide bonds. The van der Waals surface area contributed by atoms with Crippen molar-refractivity contribution < 1.29 is 0 Å². The van der Waals surface area contributed by atoms with E-state index in [1.54, 1.807) is 0 Å². The Bertz CT molecular complexity index is 313. The molecule has 0 spiro atoms. The van der Waals surface area contributed by atoms with Crippen molar-refractivity contribution in [3.8, 4) is 0 Å². The zero-order chi connectivity index (χ0) is 11.4.